The van der Waals surface area contributed by atoms with Gasteiger partial charge in [0.2, 0.25) is 5.91 Å². The number of carbonyl (C=O) groups excluding carboxylic acids is 3. The number of nitrogens with zero attached hydrogens (tertiary/aromatic N) is 1. The van der Waals surface area contributed by atoms with E-state index in [0.717, 1.165) is 12.0 Å². The average molecular weight is 558 g/mol. The summed E-state index contributed by atoms with van der Waals surface area (Å²) in [5.74, 6) is -0.423. The van der Waals surface area contributed by atoms with Crippen LogP contribution in [0.4, 0.5) is 10.5 Å². The molecule has 0 bridgehead atoms. The van der Waals surface area contributed by atoms with Crippen LogP contribution in [0, 0.1) is 12.8 Å². The molecule has 0 aromatic heterocycles. The normalized spacial score (nSPS) is 13.8. The predicted molar refractivity (Wildman–Crippen MR) is 158 cm³/mol. The van der Waals surface area contributed by atoms with Crippen LogP contribution in [0.1, 0.15) is 71.6 Å². The maximum absolute atomic E-state index is 14.1. The van der Waals surface area contributed by atoms with Crippen LogP contribution >= 0.6 is 12.6 Å². The maximum atomic E-state index is 14.1. The summed E-state index contributed by atoms with van der Waals surface area (Å²) in [5.41, 5.74) is 1.28. The minimum atomic E-state index is -1.04. The number of aryl methyl sites for hydroxylation is 1. The molecule has 3 unspecified atom stereocenters. The van der Waals surface area contributed by atoms with Gasteiger partial charge in [0.1, 0.15) is 23.4 Å². The second-order valence-corrected chi connectivity index (χ2v) is 11.6. The second kappa shape index (κ2) is 14.3. The number of para-hydroxylation sites is 1. The number of nitrogens with one attached hydrogen (secondary N) is 2. The van der Waals surface area contributed by atoms with Crippen molar-refractivity contribution >= 4 is 36.2 Å². The van der Waals surface area contributed by atoms with Gasteiger partial charge in [0.05, 0.1) is 0 Å². The molecule has 8 nitrogen and oxygen atoms in total. The molecule has 0 aliphatic rings. The fourth-order valence-corrected chi connectivity index (χ4v) is 4.38. The number of rotatable bonds is 11. The van der Waals surface area contributed by atoms with Gasteiger partial charge in [0, 0.05) is 17.5 Å². The van der Waals surface area contributed by atoms with Crippen LogP contribution in [-0.2, 0) is 14.3 Å². The van der Waals surface area contributed by atoms with Crippen LogP contribution in [-0.4, -0.2) is 51.4 Å². The van der Waals surface area contributed by atoms with Crippen LogP contribution in [0.2, 0.25) is 0 Å². The Morgan fingerprint density at radius 3 is 2.15 bits per heavy atom. The molecule has 9 heteroatoms. The first-order chi connectivity index (χ1) is 18.2. The molecule has 39 heavy (non-hydrogen) atoms. The summed E-state index contributed by atoms with van der Waals surface area (Å²) in [6.07, 6.45) is 0.731. The minimum absolute atomic E-state index is 0.00713. The van der Waals surface area contributed by atoms with Crippen molar-refractivity contribution in [3.05, 3.63) is 59.7 Å². The van der Waals surface area contributed by atoms with Gasteiger partial charge in [-0.1, -0.05) is 44.2 Å². The lowest BCUT2D eigenvalue weighted by atomic mass is 9.97. The number of anilines is 1. The molecule has 3 amide bonds. The summed E-state index contributed by atoms with van der Waals surface area (Å²) in [5, 5.41) is 15.5. The van der Waals surface area contributed by atoms with Crippen molar-refractivity contribution < 1.29 is 24.2 Å². The van der Waals surface area contributed by atoms with Crippen LogP contribution < -0.4 is 10.6 Å². The molecule has 0 fully saturated rings. The Bertz CT molecular complexity index is 1110. The summed E-state index contributed by atoms with van der Waals surface area (Å²) in [4.78, 5) is 42.2. The zero-order chi connectivity index (χ0) is 29.3. The molecule has 0 aliphatic carbocycles. The molecule has 0 spiro atoms. The van der Waals surface area contributed by atoms with Crippen LogP contribution in [0.3, 0.4) is 0 Å². The average Bonchev–Trinajstić information content (AvgIpc) is 2.85. The zero-order valence-corrected chi connectivity index (χ0v) is 24.9. The second-order valence-electron chi connectivity index (χ2n) is 11.2. The number of hydrogen-bond acceptors (Lipinski definition) is 6. The van der Waals surface area contributed by atoms with Crippen molar-refractivity contribution in [3.63, 3.8) is 0 Å². The number of ether oxygens (including phenoxy) is 1. The van der Waals surface area contributed by atoms with Gasteiger partial charge in [-0.15, -0.1) is 0 Å². The topological polar surface area (TPSA) is 108 Å². The van der Waals surface area contributed by atoms with Crippen LogP contribution in [0.25, 0.3) is 0 Å². The molecule has 0 saturated heterocycles. The fraction of sp³-hybridized carbons (Fsp3) is 0.500. The third-order valence-corrected chi connectivity index (χ3v) is 6.57. The number of thiol groups is 1. The van der Waals surface area contributed by atoms with Crippen molar-refractivity contribution in [2.24, 2.45) is 5.92 Å². The minimum Gasteiger partial charge on any atom is -0.508 e. The molecular formula is C30H43N3O5S. The third-order valence-electron chi connectivity index (χ3n) is 6.20. The van der Waals surface area contributed by atoms with E-state index in [1.807, 2.05) is 32.0 Å². The highest BCUT2D eigenvalue weighted by Gasteiger charge is 2.38. The molecule has 0 aliphatic heterocycles. The fourth-order valence-electron chi connectivity index (χ4n) is 4.14. The lowest BCUT2D eigenvalue weighted by Crippen LogP contribution is -2.55. The molecule has 2 aromatic carbocycles. The molecule has 3 atom stereocenters. The zero-order valence-electron chi connectivity index (χ0n) is 24.0. The van der Waals surface area contributed by atoms with Crippen molar-refractivity contribution in [1.29, 1.82) is 0 Å². The van der Waals surface area contributed by atoms with E-state index in [9.17, 15) is 19.5 Å². The quantitative estimate of drug-likeness (QED) is 0.259. The summed E-state index contributed by atoms with van der Waals surface area (Å²) < 4.78 is 5.38. The first-order valence-electron chi connectivity index (χ1n) is 13.3. The Kier molecular flexibility index (Phi) is 11.7. The van der Waals surface area contributed by atoms with E-state index in [2.05, 4.69) is 37.1 Å². The lowest BCUT2D eigenvalue weighted by molar-refractivity contribution is -0.143. The molecule has 0 radical (unpaired) electrons. The highest BCUT2D eigenvalue weighted by Crippen LogP contribution is 2.30. The number of phenols is 1. The van der Waals surface area contributed by atoms with Crippen molar-refractivity contribution in [3.8, 4) is 5.75 Å². The van der Waals surface area contributed by atoms with Gasteiger partial charge in [-0.3, -0.25) is 9.59 Å². The smallest absolute Gasteiger partial charge is 0.408 e. The van der Waals surface area contributed by atoms with Gasteiger partial charge < -0.3 is 25.4 Å². The predicted octanol–water partition coefficient (Wildman–Crippen LogP) is 5.86. The molecular weight excluding hydrogens is 514 g/mol. The lowest BCUT2D eigenvalue weighted by Gasteiger charge is -2.38. The Balaban J connectivity index is 2.56. The Morgan fingerprint density at radius 2 is 1.62 bits per heavy atom. The molecule has 0 saturated carbocycles. The van der Waals surface area contributed by atoms with E-state index >= 15 is 0 Å². The summed E-state index contributed by atoms with van der Waals surface area (Å²) in [7, 11) is 0. The van der Waals surface area contributed by atoms with E-state index < -0.39 is 35.6 Å². The number of phenolic OH excluding ortho intramolecular Hbond substituents is 1. The summed E-state index contributed by atoms with van der Waals surface area (Å²) >= 11 is 4.35. The Morgan fingerprint density at radius 1 is 1.00 bits per heavy atom. The first kappa shape index (κ1) is 32.0. The van der Waals surface area contributed by atoms with Crippen molar-refractivity contribution in [2.75, 3.05) is 11.1 Å². The number of benzene rings is 2. The number of carbonyl (C=O) groups is 3. The van der Waals surface area contributed by atoms with Gasteiger partial charge >= 0.3 is 6.09 Å². The van der Waals surface area contributed by atoms with Crippen LogP contribution in [0.5, 0.6) is 5.75 Å². The molecule has 214 valence electrons. The summed E-state index contributed by atoms with van der Waals surface area (Å²) in [6, 6.07) is 11.2. The highest BCUT2D eigenvalue weighted by molar-refractivity contribution is 7.80. The van der Waals surface area contributed by atoms with E-state index in [1.165, 1.54) is 17.0 Å². The van der Waals surface area contributed by atoms with E-state index in [4.69, 9.17) is 4.74 Å². The van der Waals surface area contributed by atoms with Crippen molar-refractivity contribution in [2.45, 2.75) is 85.0 Å². The Hall–Kier alpha value is -3.20. The maximum Gasteiger partial charge on any atom is 0.408 e. The van der Waals surface area contributed by atoms with Gasteiger partial charge in [-0.05, 0) is 82.7 Å². The Labute approximate surface area is 237 Å². The SMILES string of the molecule is Cc1ccccc1NC(=O)C(c1ccc(O)cc1)N(C(=O)C(CS)NC(=O)OC(C)(C)C)C(C)CCC(C)C. The van der Waals surface area contributed by atoms with E-state index in [1.54, 1.807) is 39.0 Å². The molecule has 0 heterocycles. The van der Waals surface area contributed by atoms with Crippen molar-refractivity contribution in [1.82, 2.24) is 10.2 Å². The number of alkyl carbamates (subject to hydrolysis) is 1. The highest BCUT2D eigenvalue weighted by atomic mass is 32.1. The number of amides is 3. The number of aromatic hydroxyl groups is 1. The number of hydrogen-bond donors (Lipinski definition) is 4. The van der Waals surface area contributed by atoms with Gasteiger partial charge in [-0.25, -0.2) is 4.79 Å². The monoisotopic (exact) mass is 557 g/mol. The molecule has 3 N–H and O–H groups in total. The first-order valence-corrected chi connectivity index (χ1v) is 13.9. The third kappa shape index (κ3) is 9.80. The van der Waals surface area contributed by atoms with E-state index in [-0.39, 0.29) is 17.5 Å². The summed E-state index contributed by atoms with van der Waals surface area (Å²) in [6.45, 7) is 13.2. The standard InChI is InChI=1S/C30H43N3O5S/c1-19(2)12-13-21(4)33(28(36)25(18-39)32-29(37)38-30(5,6)7)26(22-14-16-23(34)17-15-22)27(35)31-24-11-9-8-10-20(24)3/h8-11,14-17,19,21,25-26,34,39H,12-13,18H2,1-7H3,(H,31,35)(H,32,37). The van der Waals surface area contributed by atoms with Crippen LogP contribution in [0.15, 0.2) is 48.5 Å². The largest absolute Gasteiger partial charge is 0.508 e. The molecule has 2 rings (SSSR count). The van der Waals surface area contributed by atoms with Gasteiger partial charge in [0.15, 0.2) is 0 Å². The van der Waals surface area contributed by atoms with Gasteiger partial charge in [0.25, 0.3) is 5.91 Å². The molecule has 2 aromatic rings. The van der Waals surface area contributed by atoms with E-state index in [0.29, 0.717) is 23.6 Å². The van der Waals surface area contributed by atoms with Gasteiger partial charge in [-0.2, -0.15) is 12.6 Å².